The Balaban J connectivity index is 3.42. The van der Waals surface area contributed by atoms with Gasteiger partial charge in [-0.2, -0.15) is 0 Å². The van der Waals surface area contributed by atoms with Gasteiger partial charge in [-0.15, -0.1) is 0 Å². The summed E-state index contributed by atoms with van der Waals surface area (Å²) in [6.07, 6.45) is 85.0. The van der Waals surface area contributed by atoms with Crippen LogP contribution in [0.4, 0.5) is 0 Å². The Labute approximate surface area is 481 Å². The summed E-state index contributed by atoms with van der Waals surface area (Å²) < 4.78 is 5.48. The Kier molecular flexibility index (Phi) is 64.9. The summed E-state index contributed by atoms with van der Waals surface area (Å²) in [5.74, 6) is -0.0526. The van der Waals surface area contributed by atoms with E-state index in [0.29, 0.717) is 19.4 Å². The fourth-order valence-corrected chi connectivity index (χ4v) is 10.8. The molecule has 0 rings (SSSR count). The topological polar surface area (TPSA) is 95.9 Å². The fourth-order valence-electron chi connectivity index (χ4n) is 10.8. The average Bonchev–Trinajstić information content (AvgIpc) is 3.43. The van der Waals surface area contributed by atoms with E-state index in [1.807, 2.05) is 6.08 Å². The molecule has 0 radical (unpaired) electrons. The van der Waals surface area contributed by atoms with Crippen LogP contribution in [0.15, 0.2) is 36.5 Å². The molecule has 454 valence electrons. The lowest BCUT2D eigenvalue weighted by atomic mass is 10.0. The van der Waals surface area contributed by atoms with Gasteiger partial charge in [-0.25, -0.2) is 0 Å². The van der Waals surface area contributed by atoms with Crippen molar-refractivity contribution >= 4 is 11.9 Å². The Bertz CT molecular complexity index is 1250. The molecule has 0 aliphatic carbocycles. The zero-order valence-electron chi connectivity index (χ0n) is 52.0. The number of unbranched alkanes of at least 4 members (excludes halogenated alkanes) is 50. The monoisotopic (exact) mass is 1080 g/mol. The van der Waals surface area contributed by atoms with E-state index in [2.05, 4.69) is 43.5 Å². The summed E-state index contributed by atoms with van der Waals surface area (Å²) in [5.41, 5.74) is 0. The van der Waals surface area contributed by atoms with Crippen molar-refractivity contribution < 1.29 is 24.5 Å². The number of aliphatic hydroxyl groups excluding tert-OH is 2. The highest BCUT2D eigenvalue weighted by molar-refractivity contribution is 5.76. The average molecular weight is 1080 g/mol. The van der Waals surface area contributed by atoms with E-state index < -0.39 is 12.1 Å². The van der Waals surface area contributed by atoms with Crippen molar-refractivity contribution in [1.29, 1.82) is 0 Å². The Morgan fingerprint density at radius 2 is 0.649 bits per heavy atom. The van der Waals surface area contributed by atoms with Crippen molar-refractivity contribution in [3.63, 3.8) is 0 Å². The maximum Gasteiger partial charge on any atom is 0.305 e. The van der Waals surface area contributed by atoms with Crippen molar-refractivity contribution in [2.75, 3.05) is 13.2 Å². The van der Waals surface area contributed by atoms with Crippen LogP contribution in [0.2, 0.25) is 0 Å². The van der Waals surface area contributed by atoms with E-state index in [1.54, 1.807) is 6.08 Å². The smallest absolute Gasteiger partial charge is 0.305 e. The second-order valence-corrected chi connectivity index (χ2v) is 23.9. The van der Waals surface area contributed by atoms with E-state index in [0.717, 1.165) is 44.9 Å². The third-order valence-corrected chi connectivity index (χ3v) is 16.2. The summed E-state index contributed by atoms with van der Waals surface area (Å²) in [6.45, 7) is 4.93. The Morgan fingerprint density at radius 3 is 0.987 bits per heavy atom. The van der Waals surface area contributed by atoms with Gasteiger partial charge in [0, 0.05) is 12.8 Å². The molecule has 6 nitrogen and oxygen atoms in total. The first kappa shape index (κ1) is 75.1. The Morgan fingerprint density at radius 1 is 0.364 bits per heavy atom. The standard InChI is InChI=1S/C71H135NO5/c1-3-5-7-9-11-13-15-17-18-19-33-36-40-43-47-51-55-59-63-69(74)68(67-73)72-70(75)64-60-56-52-48-44-41-37-34-31-29-27-25-23-21-20-22-24-26-28-30-32-35-38-42-46-50-54-58-62-66-77-71(76)65-61-57-53-49-45-39-16-14-12-10-8-6-4-2/h20,22,26,28,59,63,68-69,73-74H,3-19,21,23-25,27,29-58,60-62,64-67H2,1-2H3,(H,72,75)/b22-20-,28-26-,63-59+. The quantitative estimate of drug-likeness (QED) is 0.0320. The van der Waals surface area contributed by atoms with Crippen LogP contribution < -0.4 is 5.32 Å². The van der Waals surface area contributed by atoms with Crippen molar-refractivity contribution in [3.8, 4) is 0 Å². The molecule has 0 aliphatic heterocycles. The second-order valence-electron chi connectivity index (χ2n) is 23.9. The number of rotatable bonds is 65. The number of allylic oxidation sites excluding steroid dienone is 5. The van der Waals surface area contributed by atoms with Gasteiger partial charge in [0.2, 0.25) is 5.91 Å². The first-order chi connectivity index (χ1) is 38.0. The maximum atomic E-state index is 12.5. The van der Waals surface area contributed by atoms with Crippen LogP contribution in [0.1, 0.15) is 380 Å². The lowest BCUT2D eigenvalue weighted by molar-refractivity contribution is -0.143. The van der Waals surface area contributed by atoms with E-state index in [-0.39, 0.29) is 18.5 Å². The molecule has 0 aliphatic rings. The summed E-state index contributed by atoms with van der Waals surface area (Å²) in [7, 11) is 0. The zero-order valence-corrected chi connectivity index (χ0v) is 52.0. The molecule has 0 aromatic heterocycles. The van der Waals surface area contributed by atoms with Crippen LogP contribution in [-0.2, 0) is 14.3 Å². The number of hydrogen-bond donors (Lipinski definition) is 3. The predicted octanol–water partition coefficient (Wildman–Crippen LogP) is 22.3. The number of amides is 1. The van der Waals surface area contributed by atoms with Crippen molar-refractivity contribution in [1.82, 2.24) is 5.32 Å². The second kappa shape index (κ2) is 66.6. The molecular weight excluding hydrogens is 947 g/mol. The van der Waals surface area contributed by atoms with Crippen molar-refractivity contribution in [2.45, 2.75) is 392 Å². The van der Waals surface area contributed by atoms with Gasteiger partial charge in [0.05, 0.1) is 25.4 Å². The molecule has 0 heterocycles. The first-order valence-electron chi connectivity index (χ1n) is 34.8. The molecule has 0 fully saturated rings. The van der Waals surface area contributed by atoms with E-state index in [1.165, 1.54) is 308 Å². The highest BCUT2D eigenvalue weighted by Crippen LogP contribution is 2.18. The van der Waals surface area contributed by atoms with Gasteiger partial charge in [0.1, 0.15) is 0 Å². The molecular formula is C71H135NO5. The minimum atomic E-state index is -0.846. The van der Waals surface area contributed by atoms with Crippen LogP contribution in [0.5, 0.6) is 0 Å². The molecule has 1 amide bonds. The molecule has 6 heteroatoms. The summed E-state index contributed by atoms with van der Waals surface area (Å²) in [4.78, 5) is 24.5. The molecule has 3 N–H and O–H groups in total. The third kappa shape index (κ3) is 63.1. The van der Waals surface area contributed by atoms with Gasteiger partial charge in [-0.05, 0) is 64.2 Å². The van der Waals surface area contributed by atoms with E-state index in [9.17, 15) is 19.8 Å². The lowest BCUT2D eigenvalue weighted by Gasteiger charge is -2.20. The molecule has 0 saturated carbocycles. The largest absolute Gasteiger partial charge is 0.466 e. The van der Waals surface area contributed by atoms with Crippen LogP contribution in [0.25, 0.3) is 0 Å². The first-order valence-corrected chi connectivity index (χ1v) is 34.8. The van der Waals surface area contributed by atoms with Crippen LogP contribution in [-0.4, -0.2) is 47.4 Å². The molecule has 2 unspecified atom stereocenters. The zero-order chi connectivity index (χ0) is 55.7. The Hall–Kier alpha value is -1.92. The van der Waals surface area contributed by atoms with Crippen LogP contribution >= 0.6 is 0 Å². The SMILES string of the molecule is CCCCCCCCCCCCCCCCCC/C=C/C(O)C(CO)NC(=O)CCCCCCCCCCCCCCC/C=C\C/C=C\CCCCCCCCCCCOC(=O)CCCCCCCCCCCCCCC. The number of ether oxygens (including phenoxy) is 1. The van der Waals surface area contributed by atoms with Gasteiger partial charge < -0.3 is 20.3 Å². The number of hydrogen-bond acceptors (Lipinski definition) is 5. The van der Waals surface area contributed by atoms with Crippen LogP contribution in [0.3, 0.4) is 0 Å². The number of carbonyl (C=O) groups excluding carboxylic acids is 2. The number of carbonyl (C=O) groups is 2. The summed E-state index contributed by atoms with van der Waals surface area (Å²) in [6, 6.07) is -0.629. The molecule has 0 spiro atoms. The van der Waals surface area contributed by atoms with Crippen molar-refractivity contribution in [2.24, 2.45) is 0 Å². The van der Waals surface area contributed by atoms with Gasteiger partial charge in [0.25, 0.3) is 0 Å². The molecule has 0 aromatic rings. The normalized spacial score (nSPS) is 12.7. The number of esters is 1. The summed E-state index contributed by atoms with van der Waals surface area (Å²) in [5, 5.41) is 23.2. The van der Waals surface area contributed by atoms with Gasteiger partial charge in [-0.1, -0.05) is 339 Å². The van der Waals surface area contributed by atoms with Gasteiger partial charge in [-0.3, -0.25) is 9.59 Å². The minimum Gasteiger partial charge on any atom is -0.466 e. The summed E-state index contributed by atoms with van der Waals surface area (Å²) >= 11 is 0. The predicted molar refractivity (Wildman–Crippen MR) is 338 cm³/mol. The molecule has 0 aromatic carbocycles. The maximum absolute atomic E-state index is 12.5. The van der Waals surface area contributed by atoms with Crippen molar-refractivity contribution in [3.05, 3.63) is 36.5 Å². The van der Waals surface area contributed by atoms with E-state index >= 15 is 0 Å². The number of aliphatic hydroxyl groups is 2. The minimum absolute atomic E-state index is 0.0135. The highest BCUT2D eigenvalue weighted by atomic mass is 16.5. The molecule has 77 heavy (non-hydrogen) atoms. The number of nitrogens with one attached hydrogen (secondary N) is 1. The van der Waals surface area contributed by atoms with E-state index in [4.69, 9.17) is 4.74 Å². The molecule has 0 saturated heterocycles. The molecule has 2 atom stereocenters. The highest BCUT2D eigenvalue weighted by Gasteiger charge is 2.18. The van der Waals surface area contributed by atoms with Gasteiger partial charge >= 0.3 is 5.97 Å². The third-order valence-electron chi connectivity index (χ3n) is 16.2. The molecule has 0 bridgehead atoms. The van der Waals surface area contributed by atoms with Crippen LogP contribution in [0, 0.1) is 0 Å². The van der Waals surface area contributed by atoms with Gasteiger partial charge in [0.15, 0.2) is 0 Å². The fraction of sp³-hybridized carbons (Fsp3) is 0.887. The lowest BCUT2D eigenvalue weighted by Crippen LogP contribution is -2.45.